The molecule has 0 aliphatic carbocycles. The predicted molar refractivity (Wildman–Crippen MR) is 115 cm³/mol. The van der Waals surface area contributed by atoms with Crippen molar-refractivity contribution in [2.75, 3.05) is 17.8 Å². The van der Waals surface area contributed by atoms with Crippen molar-refractivity contribution in [3.63, 3.8) is 0 Å². The number of benzene rings is 1. The van der Waals surface area contributed by atoms with Crippen LogP contribution in [0.5, 0.6) is 0 Å². The van der Waals surface area contributed by atoms with Gasteiger partial charge < -0.3 is 16.2 Å². The highest BCUT2D eigenvalue weighted by molar-refractivity contribution is 7.98. The van der Waals surface area contributed by atoms with E-state index in [1.165, 1.54) is 0 Å². The van der Waals surface area contributed by atoms with E-state index in [2.05, 4.69) is 17.9 Å². The maximum Gasteiger partial charge on any atom is 0.326 e. The van der Waals surface area contributed by atoms with E-state index in [-0.39, 0.29) is 24.4 Å². The molecule has 0 saturated carbocycles. The predicted octanol–water partition coefficient (Wildman–Crippen LogP) is 2.71. The molecule has 1 rings (SSSR count). The summed E-state index contributed by atoms with van der Waals surface area (Å²) < 4.78 is 0. The Labute approximate surface area is 171 Å². The van der Waals surface area contributed by atoms with Gasteiger partial charge in [-0.2, -0.15) is 24.4 Å². The number of carboxylic acids is 1. The molecule has 2 atom stereocenters. The van der Waals surface area contributed by atoms with Crippen LogP contribution in [0.4, 0.5) is 0 Å². The largest absolute Gasteiger partial charge is 0.480 e. The molecule has 0 aromatic heterocycles. The number of carbonyl (C=O) groups excluding carboxylic acids is 1. The van der Waals surface area contributed by atoms with Gasteiger partial charge in [0.15, 0.2) is 0 Å². The summed E-state index contributed by atoms with van der Waals surface area (Å²) in [5.41, 5.74) is 8.06. The molecule has 1 amide bonds. The lowest BCUT2D eigenvalue weighted by Crippen LogP contribution is -2.41. The van der Waals surface area contributed by atoms with Crippen LogP contribution in [0.3, 0.4) is 0 Å². The van der Waals surface area contributed by atoms with Crippen LogP contribution in [-0.4, -0.2) is 46.8 Å². The van der Waals surface area contributed by atoms with Crippen molar-refractivity contribution in [3.05, 3.63) is 47.0 Å². The number of nitrogens with one attached hydrogen (secondary N) is 1. The molecule has 1 aromatic rings. The van der Waals surface area contributed by atoms with E-state index in [0.717, 1.165) is 11.1 Å². The van der Waals surface area contributed by atoms with Crippen LogP contribution in [0.2, 0.25) is 0 Å². The molecule has 1 unspecified atom stereocenters. The smallest absolute Gasteiger partial charge is 0.326 e. The fourth-order valence-electron chi connectivity index (χ4n) is 2.21. The summed E-state index contributed by atoms with van der Waals surface area (Å²) in [5.74, 6) is -0.124. The summed E-state index contributed by atoms with van der Waals surface area (Å²) in [5, 5.41) is 11.9. The van der Waals surface area contributed by atoms with Crippen LogP contribution in [-0.2, 0) is 11.2 Å². The van der Waals surface area contributed by atoms with Gasteiger partial charge in [0.2, 0.25) is 0 Å². The van der Waals surface area contributed by atoms with E-state index in [0.29, 0.717) is 29.9 Å². The number of aliphatic carboxylic acids is 1. The van der Waals surface area contributed by atoms with E-state index in [9.17, 15) is 14.7 Å². The Morgan fingerprint density at radius 2 is 2.12 bits per heavy atom. The summed E-state index contributed by atoms with van der Waals surface area (Å²) in [6.45, 7) is 1.84. The first-order valence-electron chi connectivity index (χ1n) is 8.04. The number of hydrogen-bond donors (Lipinski definition) is 4. The standard InChI is InChI=1S/C18H26N2O3S2.ClH/c1-12-6-7-13(4-3-5-14(19)11-24)10-15(12)17(21)20-16(18(22)23)8-9-25-2;/h3,5-7,10,14,16,24H,4,8-9,11,19H2,1-2H3,(H,20,21)(H,22,23);1H/b5-3+;/t14?,16-;/m0./s1. The van der Waals surface area contributed by atoms with Crippen molar-refractivity contribution in [2.24, 2.45) is 5.73 Å². The Hall–Kier alpha value is -1.15. The van der Waals surface area contributed by atoms with Crippen molar-refractivity contribution >= 4 is 48.7 Å². The van der Waals surface area contributed by atoms with E-state index in [4.69, 9.17) is 5.73 Å². The van der Waals surface area contributed by atoms with Gasteiger partial charge >= 0.3 is 5.97 Å². The molecule has 0 aliphatic heterocycles. The van der Waals surface area contributed by atoms with Gasteiger partial charge in [-0.15, -0.1) is 12.4 Å². The molecule has 0 heterocycles. The fourth-order valence-corrected chi connectivity index (χ4v) is 2.80. The summed E-state index contributed by atoms with van der Waals surface area (Å²) in [6, 6.07) is 4.65. The highest BCUT2D eigenvalue weighted by Gasteiger charge is 2.21. The normalized spacial score (nSPS) is 13.1. The first-order chi connectivity index (χ1) is 11.9. The first kappa shape index (κ1) is 24.8. The SMILES string of the molecule is CSCC[C@H](NC(=O)c1cc(C/C=C/C(N)CS)ccc1C)C(=O)O.Cl. The third-order valence-electron chi connectivity index (χ3n) is 3.71. The third-order valence-corrected chi connectivity index (χ3v) is 4.77. The highest BCUT2D eigenvalue weighted by atomic mass is 35.5. The molecule has 146 valence electrons. The Morgan fingerprint density at radius 3 is 2.69 bits per heavy atom. The maximum atomic E-state index is 12.5. The van der Waals surface area contributed by atoms with Gasteiger partial charge in [0, 0.05) is 17.4 Å². The number of carbonyl (C=O) groups is 2. The van der Waals surface area contributed by atoms with Crippen LogP contribution < -0.4 is 11.1 Å². The third kappa shape index (κ3) is 8.49. The molecule has 0 fully saturated rings. The number of hydrogen-bond acceptors (Lipinski definition) is 5. The molecule has 0 aliphatic rings. The topological polar surface area (TPSA) is 92.4 Å². The fraction of sp³-hybridized carbons (Fsp3) is 0.444. The van der Waals surface area contributed by atoms with Gasteiger partial charge in [0.1, 0.15) is 6.04 Å². The van der Waals surface area contributed by atoms with Crippen LogP contribution in [0.25, 0.3) is 0 Å². The van der Waals surface area contributed by atoms with Crippen molar-refractivity contribution in [3.8, 4) is 0 Å². The Morgan fingerprint density at radius 1 is 1.42 bits per heavy atom. The molecule has 8 heteroatoms. The van der Waals surface area contributed by atoms with Gasteiger partial charge in [-0.3, -0.25) is 4.79 Å². The molecule has 0 spiro atoms. The average molecular weight is 419 g/mol. The van der Waals surface area contributed by atoms with Crippen molar-refractivity contribution in [1.82, 2.24) is 5.32 Å². The summed E-state index contributed by atoms with van der Waals surface area (Å²) in [4.78, 5) is 23.8. The number of amides is 1. The summed E-state index contributed by atoms with van der Waals surface area (Å²) >= 11 is 5.68. The molecular weight excluding hydrogens is 392 g/mol. The molecule has 0 bridgehead atoms. The Kier molecular flexibility index (Phi) is 12.5. The molecule has 5 nitrogen and oxygen atoms in total. The van der Waals surface area contributed by atoms with Gasteiger partial charge in [-0.25, -0.2) is 4.79 Å². The van der Waals surface area contributed by atoms with Crippen LogP contribution in [0, 0.1) is 6.92 Å². The minimum Gasteiger partial charge on any atom is -0.480 e. The number of halogens is 1. The van der Waals surface area contributed by atoms with Crippen molar-refractivity contribution in [1.29, 1.82) is 0 Å². The molecule has 4 N–H and O–H groups in total. The Bertz CT molecular complexity index is 626. The minimum absolute atomic E-state index is 0. The van der Waals surface area contributed by atoms with E-state index in [1.54, 1.807) is 17.8 Å². The number of rotatable bonds is 10. The first-order valence-corrected chi connectivity index (χ1v) is 10.1. The van der Waals surface area contributed by atoms with Crippen molar-refractivity contribution < 1.29 is 14.7 Å². The quantitative estimate of drug-likeness (QED) is 0.346. The zero-order valence-electron chi connectivity index (χ0n) is 15.0. The van der Waals surface area contributed by atoms with Gasteiger partial charge in [0.25, 0.3) is 5.91 Å². The summed E-state index contributed by atoms with van der Waals surface area (Å²) in [7, 11) is 0. The second kappa shape index (κ2) is 13.1. The van der Waals surface area contributed by atoms with Crippen LogP contribution >= 0.6 is 36.8 Å². The Balaban J connectivity index is 0.00000625. The number of nitrogens with two attached hydrogens (primary N) is 1. The second-order valence-electron chi connectivity index (χ2n) is 5.77. The number of thioether (sulfide) groups is 1. The summed E-state index contributed by atoms with van der Waals surface area (Å²) in [6.07, 6.45) is 6.78. The van der Waals surface area contributed by atoms with E-state index >= 15 is 0 Å². The van der Waals surface area contributed by atoms with Gasteiger partial charge in [-0.05, 0) is 49.0 Å². The van der Waals surface area contributed by atoms with Gasteiger partial charge in [-0.1, -0.05) is 24.3 Å². The number of aryl methyl sites for hydroxylation is 1. The molecule has 0 saturated heterocycles. The second-order valence-corrected chi connectivity index (χ2v) is 7.12. The lowest BCUT2D eigenvalue weighted by molar-refractivity contribution is -0.139. The lowest BCUT2D eigenvalue weighted by Gasteiger charge is -2.15. The highest BCUT2D eigenvalue weighted by Crippen LogP contribution is 2.13. The zero-order valence-corrected chi connectivity index (χ0v) is 17.5. The minimum atomic E-state index is -1.01. The molecular formula is C18H27ClN2O3S2. The monoisotopic (exact) mass is 418 g/mol. The lowest BCUT2D eigenvalue weighted by atomic mass is 10.0. The zero-order chi connectivity index (χ0) is 18.8. The van der Waals surface area contributed by atoms with Gasteiger partial charge in [0.05, 0.1) is 0 Å². The number of allylic oxidation sites excluding steroid dienone is 1. The average Bonchev–Trinajstić information content (AvgIpc) is 2.59. The van der Waals surface area contributed by atoms with Crippen LogP contribution in [0.15, 0.2) is 30.4 Å². The van der Waals surface area contributed by atoms with Crippen LogP contribution in [0.1, 0.15) is 27.9 Å². The number of carboxylic acid groups (broad SMARTS) is 1. The molecule has 26 heavy (non-hydrogen) atoms. The molecule has 1 aromatic carbocycles. The van der Waals surface area contributed by atoms with E-state index in [1.807, 2.05) is 37.5 Å². The maximum absolute atomic E-state index is 12.5. The molecule has 0 radical (unpaired) electrons. The van der Waals surface area contributed by atoms with Crippen molar-refractivity contribution in [2.45, 2.75) is 31.8 Å². The van der Waals surface area contributed by atoms with E-state index < -0.39 is 12.0 Å². The number of thiol groups is 1.